The summed E-state index contributed by atoms with van der Waals surface area (Å²) >= 11 is 0. The summed E-state index contributed by atoms with van der Waals surface area (Å²) in [6.45, 7) is 13.4. The van der Waals surface area contributed by atoms with Crippen molar-refractivity contribution in [3.8, 4) is 5.75 Å². The summed E-state index contributed by atoms with van der Waals surface area (Å²) in [6, 6.07) is 6.46. The van der Waals surface area contributed by atoms with Gasteiger partial charge in [-0.3, -0.25) is 0 Å². The standard InChI is InChI=1S/C18H31NO/c1-13(2)11-19-12-17(14(3)4)10-16-9-15(5)7-8-18(16)20-6/h7-9,13-14,17,19H,10-12H2,1-6H3. The van der Waals surface area contributed by atoms with Crippen LogP contribution in [-0.2, 0) is 6.42 Å². The fourth-order valence-corrected chi connectivity index (χ4v) is 2.45. The second kappa shape index (κ2) is 8.31. The van der Waals surface area contributed by atoms with E-state index in [0.29, 0.717) is 17.8 Å². The lowest BCUT2D eigenvalue weighted by Crippen LogP contribution is -2.30. The van der Waals surface area contributed by atoms with Crippen molar-refractivity contribution in [2.45, 2.75) is 41.0 Å². The first kappa shape index (κ1) is 17.0. The Balaban J connectivity index is 2.72. The monoisotopic (exact) mass is 277 g/mol. The fourth-order valence-electron chi connectivity index (χ4n) is 2.45. The lowest BCUT2D eigenvalue weighted by molar-refractivity contribution is 0.344. The van der Waals surface area contributed by atoms with E-state index in [9.17, 15) is 0 Å². The average molecular weight is 277 g/mol. The molecule has 0 aliphatic heterocycles. The number of benzene rings is 1. The molecule has 2 nitrogen and oxygen atoms in total. The van der Waals surface area contributed by atoms with Crippen LogP contribution >= 0.6 is 0 Å². The maximum absolute atomic E-state index is 5.50. The van der Waals surface area contributed by atoms with E-state index in [-0.39, 0.29) is 0 Å². The van der Waals surface area contributed by atoms with Crippen LogP contribution in [0.1, 0.15) is 38.8 Å². The summed E-state index contributed by atoms with van der Waals surface area (Å²) < 4.78 is 5.50. The Hall–Kier alpha value is -1.02. The molecule has 114 valence electrons. The maximum Gasteiger partial charge on any atom is 0.122 e. The highest BCUT2D eigenvalue weighted by Crippen LogP contribution is 2.25. The van der Waals surface area contributed by atoms with E-state index in [4.69, 9.17) is 4.74 Å². The van der Waals surface area contributed by atoms with Gasteiger partial charge in [-0.2, -0.15) is 0 Å². The molecule has 0 aromatic heterocycles. The quantitative estimate of drug-likeness (QED) is 0.773. The second-order valence-corrected chi connectivity index (χ2v) is 6.58. The minimum atomic E-state index is 0.643. The van der Waals surface area contributed by atoms with Gasteiger partial charge < -0.3 is 10.1 Å². The van der Waals surface area contributed by atoms with Gasteiger partial charge in [0.2, 0.25) is 0 Å². The summed E-state index contributed by atoms with van der Waals surface area (Å²) in [5, 5.41) is 3.60. The number of rotatable bonds is 8. The zero-order valence-corrected chi connectivity index (χ0v) is 14.0. The van der Waals surface area contributed by atoms with Gasteiger partial charge in [0.25, 0.3) is 0 Å². The van der Waals surface area contributed by atoms with Crippen LogP contribution in [0.4, 0.5) is 0 Å². The molecule has 2 heteroatoms. The minimum Gasteiger partial charge on any atom is -0.496 e. The van der Waals surface area contributed by atoms with Crippen molar-refractivity contribution >= 4 is 0 Å². The first-order valence-corrected chi connectivity index (χ1v) is 7.78. The normalized spacial score (nSPS) is 13.0. The largest absolute Gasteiger partial charge is 0.496 e. The number of nitrogens with one attached hydrogen (secondary N) is 1. The van der Waals surface area contributed by atoms with E-state index in [1.165, 1.54) is 11.1 Å². The van der Waals surface area contributed by atoms with Gasteiger partial charge in [-0.1, -0.05) is 45.4 Å². The predicted octanol–water partition coefficient (Wildman–Crippen LogP) is 4.06. The highest BCUT2D eigenvalue weighted by Gasteiger charge is 2.16. The van der Waals surface area contributed by atoms with Gasteiger partial charge >= 0.3 is 0 Å². The van der Waals surface area contributed by atoms with Crippen LogP contribution in [0.25, 0.3) is 0 Å². The lowest BCUT2D eigenvalue weighted by atomic mass is 9.88. The van der Waals surface area contributed by atoms with Crippen molar-refractivity contribution < 1.29 is 4.74 Å². The summed E-state index contributed by atoms with van der Waals surface area (Å²) in [7, 11) is 1.76. The van der Waals surface area contributed by atoms with Crippen LogP contribution in [0.2, 0.25) is 0 Å². The van der Waals surface area contributed by atoms with Crippen LogP contribution in [0.5, 0.6) is 5.75 Å². The molecule has 1 rings (SSSR count). The lowest BCUT2D eigenvalue weighted by Gasteiger charge is -2.23. The molecule has 0 aliphatic rings. The maximum atomic E-state index is 5.50. The van der Waals surface area contributed by atoms with Gasteiger partial charge in [0.05, 0.1) is 7.11 Å². The molecule has 0 heterocycles. The Morgan fingerprint density at radius 2 is 1.80 bits per heavy atom. The Labute approximate surface area is 124 Å². The smallest absolute Gasteiger partial charge is 0.122 e. The second-order valence-electron chi connectivity index (χ2n) is 6.58. The molecule has 1 aromatic carbocycles. The van der Waals surface area contributed by atoms with E-state index in [1.807, 2.05) is 0 Å². The first-order chi connectivity index (χ1) is 9.43. The van der Waals surface area contributed by atoms with Gasteiger partial charge in [-0.05, 0) is 55.8 Å². The molecule has 0 bridgehead atoms. The number of aryl methyl sites for hydroxylation is 1. The molecule has 0 saturated heterocycles. The topological polar surface area (TPSA) is 21.3 Å². The van der Waals surface area contributed by atoms with Gasteiger partial charge in [-0.15, -0.1) is 0 Å². The fraction of sp³-hybridized carbons (Fsp3) is 0.667. The number of methoxy groups -OCH3 is 1. The molecule has 20 heavy (non-hydrogen) atoms. The third-order valence-electron chi connectivity index (χ3n) is 3.82. The van der Waals surface area contributed by atoms with Crippen LogP contribution in [-0.4, -0.2) is 20.2 Å². The van der Waals surface area contributed by atoms with Crippen molar-refractivity contribution in [3.05, 3.63) is 29.3 Å². The van der Waals surface area contributed by atoms with Crippen molar-refractivity contribution in [1.29, 1.82) is 0 Å². The molecule has 0 amide bonds. The van der Waals surface area contributed by atoms with Gasteiger partial charge in [-0.25, -0.2) is 0 Å². The molecule has 1 atom stereocenters. The Bertz CT molecular complexity index is 398. The Morgan fingerprint density at radius 1 is 1.10 bits per heavy atom. The van der Waals surface area contributed by atoms with E-state index in [1.54, 1.807) is 7.11 Å². The summed E-state index contributed by atoms with van der Waals surface area (Å²) in [5.74, 6) is 3.03. The third-order valence-corrected chi connectivity index (χ3v) is 3.82. The predicted molar refractivity (Wildman–Crippen MR) is 87.5 cm³/mol. The number of ether oxygens (including phenoxy) is 1. The molecule has 0 saturated carbocycles. The average Bonchev–Trinajstić information content (AvgIpc) is 2.37. The minimum absolute atomic E-state index is 0.643. The molecular weight excluding hydrogens is 246 g/mol. The highest BCUT2D eigenvalue weighted by atomic mass is 16.5. The zero-order chi connectivity index (χ0) is 15.1. The van der Waals surface area contributed by atoms with Gasteiger partial charge in [0.1, 0.15) is 5.75 Å². The van der Waals surface area contributed by atoms with E-state index < -0.39 is 0 Å². The van der Waals surface area contributed by atoms with Gasteiger partial charge in [0, 0.05) is 0 Å². The summed E-state index contributed by atoms with van der Waals surface area (Å²) in [5.41, 5.74) is 2.64. The van der Waals surface area contributed by atoms with Crippen LogP contribution in [0.15, 0.2) is 18.2 Å². The summed E-state index contributed by atoms with van der Waals surface area (Å²) in [6.07, 6.45) is 1.08. The molecule has 0 fully saturated rings. The number of hydrogen-bond donors (Lipinski definition) is 1. The van der Waals surface area contributed by atoms with E-state index in [0.717, 1.165) is 25.3 Å². The third kappa shape index (κ3) is 5.54. The van der Waals surface area contributed by atoms with E-state index in [2.05, 4.69) is 58.1 Å². The van der Waals surface area contributed by atoms with Crippen molar-refractivity contribution in [2.75, 3.05) is 20.2 Å². The molecule has 1 N–H and O–H groups in total. The van der Waals surface area contributed by atoms with Crippen LogP contribution in [0, 0.1) is 24.7 Å². The molecule has 1 unspecified atom stereocenters. The van der Waals surface area contributed by atoms with Crippen LogP contribution in [0.3, 0.4) is 0 Å². The number of hydrogen-bond acceptors (Lipinski definition) is 2. The highest BCUT2D eigenvalue weighted by molar-refractivity contribution is 5.37. The Morgan fingerprint density at radius 3 is 2.35 bits per heavy atom. The SMILES string of the molecule is COc1ccc(C)cc1CC(CNCC(C)C)C(C)C. The summed E-state index contributed by atoms with van der Waals surface area (Å²) in [4.78, 5) is 0. The van der Waals surface area contributed by atoms with Crippen LogP contribution < -0.4 is 10.1 Å². The molecule has 1 aromatic rings. The van der Waals surface area contributed by atoms with Gasteiger partial charge in [0.15, 0.2) is 0 Å². The van der Waals surface area contributed by atoms with E-state index >= 15 is 0 Å². The molecule has 0 radical (unpaired) electrons. The molecular formula is C18H31NO. The first-order valence-electron chi connectivity index (χ1n) is 7.78. The molecule has 0 aliphatic carbocycles. The van der Waals surface area contributed by atoms with Crippen molar-refractivity contribution in [2.24, 2.45) is 17.8 Å². The Kier molecular flexibility index (Phi) is 7.08. The zero-order valence-electron chi connectivity index (χ0n) is 14.0. The molecule has 0 spiro atoms. The van der Waals surface area contributed by atoms with Crippen molar-refractivity contribution in [1.82, 2.24) is 5.32 Å². The van der Waals surface area contributed by atoms with Crippen molar-refractivity contribution in [3.63, 3.8) is 0 Å².